The summed E-state index contributed by atoms with van der Waals surface area (Å²) in [6.45, 7) is 8.06. The predicted molar refractivity (Wildman–Crippen MR) is 97.6 cm³/mol. The monoisotopic (exact) mass is 313 g/mol. The number of anilines is 3. The van der Waals surface area contributed by atoms with Crippen LogP contribution in [0.4, 0.5) is 17.3 Å². The molecule has 2 aromatic rings. The van der Waals surface area contributed by atoms with Gasteiger partial charge in [-0.2, -0.15) is 0 Å². The van der Waals surface area contributed by atoms with Gasteiger partial charge in [0, 0.05) is 18.3 Å². The van der Waals surface area contributed by atoms with Crippen LogP contribution in [0.3, 0.4) is 0 Å². The highest BCUT2D eigenvalue weighted by molar-refractivity contribution is 5.63. The Hall–Kier alpha value is -2.14. The summed E-state index contributed by atoms with van der Waals surface area (Å²) in [5.74, 6) is 2.45. The van der Waals surface area contributed by atoms with Crippen molar-refractivity contribution in [1.29, 1.82) is 0 Å². The van der Waals surface area contributed by atoms with Crippen molar-refractivity contribution in [1.82, 2.24) is 14.9 Å². The molecule has 2 N–H and O–H groups in total. The van der Waals surface area contributed by atoms with Crippen molar-refractivity contribution in [2.45, 2.75) is 27.2 Å². The molecule has 23 heavy (non-hydrogen) atoms. The third kappa shape index (κ3) is 5.53. The lowest BCUT2D eigenvalue weighted by atomic mass is 10.1. The van der Waals surface area contributed by atoms with Crippen LogP contribution in [0.2, 0.25) is 0 Å². The molecule has 5 heteroatoms. The zero-order valence-electron chi connectivity index (χ0n) is 14.8. The molecule has 1 heterocycles. The SMILES string of the molecule is Cc1ccc(C)c(Nc2cc(NCCCN(C)C)nc(C)n2)c1. The normalized spacial score (nSPS) is 10.9. The quantitative estimate of drug-likeness (QED) is 0.766. The molecule has 0 spiro atoms. The van der Waals surface area contributed by atoms with Crippen LogP contribution in [-0.2, 0) is 0 Å². The summed E-state index contributed by atoms with van der Waals surface area (Å²) in [7, 11) is 4.17. The first kappa shape index (κ1) is 17.2. The third-order valence-corrected chi connectivity index (χ3v) is 3.58. The smallest absolute Gasteiger partial charge is 0.136 e. The average Bonchev–Trinajstić information content (AvgIpc) is 2.47. The maximum absolute atomic E-state index is 4.49. The van der Waals surface area contributed by atoms with Crippen LogP contribution < -0.4 is 10.6 Å². The Morgan fingerprint density at radius 2 is 1.74 bits per heavy atom. The Morgan fingerprint density at radius 1 is 1.00 bits per heavy atom. The topological polar surface area (TPSA) is 53.1 Å². The van der Waals surface area contributed by atoms with E-state index in [0.29, 0.717) is 0 Å². The van der Waals surface area contributed by atoms with Gasteiger partial charge in [0.2, 0.25) is 0 Å². The molecule has 0 saturated carbocycles. The molecular weight excluding hydrogens is 286 g/mol. The van der Waals surface area contributed by atoms with E-state index in [1.165, 1.54) is 11.1 Å². The third-order valence-electron chi connectivity index (χ3n) is 3.58. The van der Waals surface area contributed by atoms with E-state index in [2.05, 4.69) is 71.6 Å². The Balaban J connectivity index is 2.06. The second kappa shape index (κ2) is 7.92. The van der Waals surface area contributed by atoms with Crippen molar-refractivity contribution < 1.29 is 0 Å². The van der Waals surface area contributed by atoms with Crippen molar-refractivity contribution >= 4 is 17.3 Å². The summed E-state index contributed by atoms with van der Waals surface area (Å²) >= 11 is 0. The standard InChI is InChI=1S/C18H27N5/c1-13-7-8-14(2)16(11-13)22-18-12-17(20-15(3)21-18)19-9-6-10-23(4)5/h7-8,11-12H,6,9-10H2,1-5H3,(H2,19,20,21,22). The van der Waals surface area contributed by atoms with Crippen LogP contribution >= 0.6 is 0 Å². The summed E-state index contributed by atoms with van der Waals surface area (Å²) in [5.41, 5.74) is 3.51. The second-order valence-electron chi connectivity index (χ2n) is 6.21. The molecule has 0 aliphatic rings. The molecule has 0 amide bonds. The van der Waals surface area contributed by atoms with Crippen LogP contribution in [0.5, 0.6) is 0 Å². The van der Waals surface area contributed by atoms with Gasteiger partial charge in [-0.1, -0.05) is 12.1 Å². The fourth-order valence-corrected chi connectivity index (χ4v) is 2.34. The molecule has 124 valence electrons. The number of nitrogens with zero attached hydrogens (tertiary/aromatic N) is 3. The van der Waals surface area contributed by atoms with Gasteiger partial charge in [0.05, 0.1) is 0 Å². The number of benzene rings is 1. The van der Waals surface area contributed by atoms with Crippen LogP contribution in [0.15, 0.2) is 24.3 Å². The van der Waals surface area contributed by atoms with Crippen LogP contribution in [0.25, 0.3) is 0 Å². The van der Waals surface area contributed by atoms with E-state index in [-0.39, 0.29) is 0 Å². The van der Waals surface area contributed by atoms with E-state index in [1.54, 1.807) is 0 Å². The Kier molecular flexibility index (Phi) is 5.93. The minimum absolute atomic E-state index is 0.760. The van der Waals surface area contributed by atoms with Gasteiger partial charge in [-0.15, -0.1) is 0 Å². The molecule has 0 aliphatic heterocycles. The maximum Gasteiger partial charge on any atom is 0.136 e. The molecule has 0 saturated heterocycles. The van der Waals surface area contributed by atoms with Crippen LogP contribution in [0, 0.1) is 20.8 Å². The van der Waals surface area contributed by atoms with Crippen molar-refractivity contribution in [3.63, 3.8) is 0 Å². The minimum Gasteiger partial charge on any atom is -0.370 e. The minimum atomic E-state index is 0.760. The maximum atomic E-state index is 4.49. The molecule has 2 rings (SSSR count). The highest BCUT2D eigenvalue weighted by atomic mass is 15.1. The van der Waals surface area contributed by atoms with Gasteiger partial charge in [0.25, 0.3) is 0 Å². The molecule has 0 atom stereocenters. The Labute approximate surface area is 139 Å². The van der Waals surface area contributed by atoms with Gasteiger partial charge in [-0.3, -0.25) is 0 Å². The summed E-state index contributed by atoms with van der Waals surface area (Å²) in [6.07, 6.45) is 1.08. The van der Waals surface area contributed by atoms with Gasteiger partial charge in [0.1, 0.15) is 17.5 Å². The molecule has 0 fully saturated rings. The molecule has 1 aromatic heterocycles. The van der Waals surface area contributed by atoms with E-state index in [9.17, 15) is 0 Å². The highest BCUT2D eigenvalue weighted by Crippen LogP contribution is 2.22. The van der Waals surface area contributed by atoms with Gasteiger partial charge < -0.3 is 15.5 Å². The Morgan fingerprint density at radius 3 is 2.48 bits per heavy atom. The molecule has 1 aromatic carbocycles. The zero-order valence-corrected chi connectivity index (χ0v) is 14.8. The van der Waals surface area contributed by atoms with Gasteiger partial charge in [-0.05, 0) is 65.0 Å². The zero-order chi connectivity index (χ0) is 16.8. The van der Waals surface area contributed by atoms with E-state index in [1.807, 2.05) is 13.0 Å². The number of aromatic nitrogens is 2. The van der Waals surface area contributed by atoms with Crippen molar-refractivity contribution in [3.8, 4) is 0 Å². The lowest BCUT2D eigenvalue weighted by Gasteiger charge is -2.13. The molecule has 0 radical (unpaired) electrons. The van der Waals surface area contributed by atoms with Gasteiger partial charge in [0.15, 0.2) is 0 Å². The van der Waals surface area contributed by atoms with Gasteiger partial charge in [-0.25, -0.2) is 9.97 Å². The fourth-order valence-electron chi connectivity index (χ4n) is 2.34. The lowest BCUT2D eigenvalue weighted by Crippen LogP contribution is -2.16. The van der Waals surface area contributed by atoms with Crippen molar-refractivity contribution in [2.24, 2.45) is 0 Å². The summed E-state index contributed by atoms with van der Waals surface area (Å²) in [5, 5.41) is 6.78. The van der Waals surface area contributed by atoms with Crippen LogP contribution in [-0.4, -0.2) is 42.1 Å². The summed E-state index contributed by atoms with van der Waals surface area (Å²) in [4.78, 5) is 11.1. The van der Waals surface area contributed by atoms with Crippen molar-refractivity contribution in [2.75, 3.05) is 37.8 Å². The van der Waals surface area contributed by atoms with E-state index in [4.69, 9.17) is 0 Å². The van der Waals surface area contributed by atoms with Crippen LogP contribution in [0.1, 0.15) is 23.4 Å². The molecular formula is C18H27N5. The average molecular weight is 313 g/mol. The number of hydrogen-bond donors (Lipinski definition) is 2. The van der Waals surface area contributed by atoms with E-state index in [0.717, 1.165) is 42.7 Å². The Bertz CT molecular complexity index is 652. The first-order valence-electron chi connectivity index (χ1n) is 8.02. The lowest BCUT2D eigenvalue weighted by molar-refractivity contribution is 0.405. The molecule has 0 aliphatic carbocycles. The fraction of sp³-hybridized carbons (Fsp3) is 0.444. The predicted octanol–water partition coefficient (Wildman–Crippen LogP) is 3.51. The highest BCUT2D eigenvalue weighted by Gasteiger charge is 2.04. The molecule has 0 bridgehead atoms. The second-order valence-corrected chi connectivity index (χ2v) is 6.21. The van der Waals surface area contributed by atoms with E-state index < -0.39 is 0 Å². The number of nitrogens with one attached hydrogen (secondary N) is 2. The van der Waals surface area contributed by atoms with E-state index >= 15 is 0 Å². The number of aryl methyl sites for hydroxylation is 3. The number of hydrogen-bond acceptors (Lipinski definition) is 5. The first-order chi connectivity index (χ1) is 10.9. The van der Waals surface area contributed by atoms with Crippen molar-refractivity contribution in [3.05, 3.63) is 41.2 Å². The first-order valence-corrected chi connectivity index (χ1v) is 8.02. The molecule has 5 nitrogen and oxygen atoms in total. The summed E-state index contributed by atoms with van der Waals surface area (Å²) < 4.78 is 0. The largest absolute Gasteiger partial charge is 0.370 e. The molecule has 0 unspecified atom stereocenters. The summed E-state index contributed by atoms with van der Waals surface area (Å²) in [6, 6.07) is 8.33. The van der Waals surface area contributed by atoms with Gasteiger partial charge >= 0.3 is 0 Å². The number of rotatable bonds is 7.